The van der Waals surface area contributed by atoms with E-state index in [9.17, 15) is 9.59 Å². The van der Waals surface area contributed by atoms with E-state index < -0.39 is 6.16 Å². The van der Waals surface area contributed by atoms with Crippen molar-refractivity contribution in [3.63, 3.8) is 0 Å². The predicted molar refractivity (Wildman–Crippen MR) is 120 cm³/mol. The zero-order valence-electron chi connectivity index (χ0n) is 18.4. The lowest BCUT2D eigenvalue weighted by molar-refractivity contribution is -0.893. The van der Waals surface area contributed by atoms with Gasteiger partial charge in [0.2, 0.25) is 0 Å². The number of amides is 1. The summed E-state index contributed by atoms with van der Waals surface area (Å²) in [5, 5.41) is 9.04. The van der Waals surface area contributed by atoms with E-state index in [1.807, 2.05) is 36.7 Å². The van der Waals surface area contributed by atoms with Crippen molar-refractivity contribution in [3.8, 4) is 5.75 Å². The van der Waals surface area contributed by atoms with Gasteiger partial charge in [-0.25, -0.2) is 9.59 Å². The van der Waals surface area contributed by atoms with Gasteiger partial charge in [-0.1, -0.05) is 6.07 Å². The molecule has 0 radical (unpaired) electrons. The molecule has 0 bridgehead atoms. The van der Waals surface area contributed by atoms with Crippen LogP contribution < -0.4 is 9.64 Å². The summed E-state index contributed by atoms with van der Waals surface area (Å²) in [5.74, 6) is 0.858. The smallest absolute Gasteiger partial charge is 0.449 e. The van der Waals surface area contributed by atoms with Crippen molar-refractivity contribution >= 4 is 17.7 Å². The number of rotatable bonds is 5. The first-order valence-electron chi connectivity index (χ1n) is 11.6. The molecule has 7 nitrogen and oxygen atoms in total. The Kier molecular flexibility index (Phi) is 5.37. The number of aryl methyl sites for hydroxylation is 1. The van der Waals surface area contributed by atoms with Crippen LogP contribution in [0.3, 0.4) is 0 Å². The van der Waals surface area contributed by atoms with Gasteiger partial charge in [0, 0.05) is 56.0 Å². The molecule has 2 heterocycles. The number of fused-ring (bicyclic) bond motifs is 1. The summed E-state index contributed by atoms with van der Waals surface area (Å²) in [6.07, 6.45) is 8.04. The molecule has 1 aromatic heterocycles. The highest BCUT2D eigenvalue weighted by molar-refractivity contribution is 5.75. The normalized spacial score (nSPS) is 22.8. The molecule has 1 saturated carbocycles. The maximum atomic E-state index is 13.8. The first-order valence-corrected chi connectivity index (χ1v) is 11.6. The Morgan fingerprint density at radius 1 is 1.06 bits per heavy atom. The second kappa shape index (κ2) is 8.20. The predicted octanol–water partition coefficient (Wildman–Crippen LogP) is 4.18. The fraction of sp³-hybridized carbons (Fsp3) is 0.480. The SMILES string of the molecule is C[N+](C(=O)C1CC1)(C1CCN(c2ccncc2)CC1)C1CCc2ccc(OC(=O)O)cc21. The zero-order chi connectivity index (χ0) is 22.3. The fourth-order valence-electron chi connectivity index (χ4n) is 5.81. The highest BCUT2D eigenvalue weighted by atomic mass is 16.7. The first kappa shape index (κ1) is 20.9. The molecule has 7 heteroatoms. The summed E-state index contributed by atoms with van der Waals surface area (Å²) in [4.78, 5) is 31.3. The quantitative estimate of drug-likeness (QED) is 0.430. The molecule has 1 aliphatic heterocycles. The lowest BCUT2D eigenvalue weighted by Crippen LogP contribution is -2.61. The van der Waals surface area contributed by atoms with E-state index in [1.54, 1.807) is 6.07 Å². The Morgan fingerprint density at radius 3 is 2.44 bits per heavy atom. The molecule has 1 N–H and O–H groups in total. The Labute approximate surface area is 188 Å². The summed E-state index contributed by atoms with van der Waals surface area (Å²) in [6, 6.07) is 9.92. The Morgan fingerprint density at radius 2 is 1.78 bits per heavy atom. The van der Waals surface area contributed by atoms with Crippen LogP contribution >= 0.6 is 0 Å². The number of piperidine rings is 1. The fourth-order valence-corrected chi connectivity index (χ4v) is 5.81. The van der Waals surface area contributed by atoms with Crippen molar-refractivity contribution in [2.24, 2.45) is 5.92 Å². The summed E-state index contributed by atoms with van der Waals surface area (Å²) in [6.45, 7) is 1.84. The van der Waals surface area contributed by atoms with E-state index in [-0.39, 0.29) is 18.0 Å². The van der Waals surface area contributed by atoms with Crippen LogP contribution in [0.5, 0.6) is 5.75 Å². The van der Waals surface area contributed by atoms with Crippen molar-refractivity contribution in [1.82, 2.24) is 4.98 Å². The second-order valence-electron chi connectivity index (χ2n) is 9.47. The van der Waals surface area contributed by atoms with Crippen LogP contribution in [0.25, 0.3) is 0 Å². The maximum absolute atomic E-state index is 13.8. The standard InChI is InChI=1S/C25H29N3O4/c1-28(24(29)18-2-3-18,20-10-14-27(15-11-20)19-8-12-26-13-9-19)23-7-5-17-4-6-21(16-22(17)23)32-25(30)31/h4,6,8-9,12-13,16,18,20,23H,2-3,5,7,10-11,14-15H2,1H3/p+1. The summed E-state index contributed by atoms with van der Waals surface area (Å²) in [7, 11) is 2.14. The maximum Gasteiger partial charge on any atom is 0.511 e. The Balaban J connectivity index is 1.43. The number of ether oxygens (including phenoxy) is 1. The number of carbonyl (C=O) groups excluding carboxylic acids is 1. The first-order chi connectivity index (χ1) is 15.5. The average molecular weight is 437 g/mol. The van der Waals surface area contributed by atoms with Crippen LogP contribution in [0.2, 0.25) is 0 Å². The minimum Gasteiger partial charge on any atom is -0.449 e. The summed E-state index contributed by atoms with van der Waals surface area (Å²) >= 11 is 0. The van der Waals surface area contributed by atoms with Crippen molar-refractivity contribution in [1.29, 1.82) is 0 Å². The molecule has 168 valence electrons. The third kappa shape index (κ3) is 3.75. The van der Waals surface area contributed by atoms with Crippen molar-refractivity contribution in [2.75, 3.05) is 25.0 Å². The van der Waals surface area contributed by atoms with Crippen LogP contribution in [0.1, 0.15) is 49.3 Å². The molecule has 3 aliphatic rings. The molecule has 32 heavy (non-hydrogen) atoms. The minimum atomic E-state index is -1.31. The highest BCUT2D eigenvalue weighted by Crippen LogP contribution is 2.47. The molecule has 2 unspecified atom stereocenters. The van der Waals surface area contributed by atoms with Gasteiger partial charge in [0.1, 0.15) is 11.8 Å². The van der Waals surface area contributed by atoms with Gasteiger partial charge >= 0.3 is 12.1 Å². The number of carbonyl (C=O) groups is 2. The number of carboxylic acid groups (broad SMARTS) is 1. The number of hydrogen-bond acceptors (Lipinski definition) is 5. The number of quaternary nitrogens is 1. The van der Waals surface area contributed by atoms with Crippen LogP contribution in [0, 0.1) is 5.92 Å². The van der Waals surface area contributed by atoms with Gasteiger partial charge in [0.25, 0.3) is 0 Å². The van der Waals surface area contributed by atoms with Crippen molar-refractivity contribution < 1.29 is 23.9 Å². The third-order valence-corrected chi connectivity index (χ3v) is 7.67. The van der Waals surface area contributed by atoms with Gasteiger partial charge in [-0.05, 0) is 49.1 Å². The zero-order valence-corrected chi connectivity index (χ0v) is 18.4. The second-order valence-corrected chi connectivity index (χ2v) is 9.47. The van der Waals surface area contributed by atoms with Gasteiger partial charge < -0.3 is 14.7 Å². The highest BCUT2D eigenvalue weighted by Gasteiger charge is 2.54. The van der Waals surface area contributed by atoms with Crippen LogP contribution in [-0.4, -0.2) is 52.8 Å². The molecule has 2 atom stereocenters. The van der Waals surface area contributed by atoms with E-state index in [2.05, 4.69) is 16.9 Å². The van der Waals surface area contributed by atoms with Gasteiger partial charge in [-0.3, -0.25) is 9.47 Å². The molecule has 2 aromatic rings. The number of nitrogens with zero attached hydrogens (tertiary/aromatic N) is 3. The number of benzene rings is 1. The molecule has 2 fully saturated rings. The number of hydrogen-bond donors (Lipinski definition) is 1. The molecule has 5 rings (SSSR count). The van der Waals surface area contributed by atoms with Crippen LogP contribution in [0.4, 0.5) is 10.5 Å². The molecule has 1 aromatic carbocycles. The largest absolute Gasteiger partial charge is 0.511 e. The number of aromatic nitrogens is 1. The molecular formula is C25H30N3O4+. The third-order valence-electron chi connectivity index (χ3n) is 7.67. The minimum absolute atomic E-state index is 0.0490. The van der Waals surface area contributed by atoms with Crippen molar-refractivity contribution in [3.05, 3.63) is 53.9 Å². The lowest BCUT2D eigenvalue weighted by atomic mass is 9.93. The van der Waals surface area contributed by atoms with Crippen LogP contribution in [0.15, 0.2) is 42.7 Å². The Hall–Kier alpha value is -2.93. The van der Waals surface area contributed by atoms with Crippen LogP contribution in [-0.2, 0) is 11.2 Å². The molecule has 1 saturated heterocycles. The van der Waals surface area contributed by atoms with E-state index in [1.165, 1.54) is 11.3 Å². The number of pyridine rings is 1. The Bertz CT molecular complexity index is 1020. The monoisotopic (exact) mass is 436 g/mol. The van der Waals surface area contributed by atoms with Gasteiger partial charge in [-0.2, -0.15) is 0 Å². The van der Waals surface area contributed by atoms with E-state index in [0.29, 0.717) is 16.1 Å². The van der Waals surface area contributed by atoms with Crippen molar-refractivity contribution in [2.45, 2.75) is 50.6 Å². The summed E-state index contributed by atoms with van der Waals surface area (Å²) < 4.78 is 5.37. The van der Waals surface area contributed by atoms with E-state index >= 15 is 0 Å². The topological polar surface area (TPSA) is 79.7 Å². The lowest BCUT2D eigenvalue weighted by Gasteiger charge is -2.47. The molecule has 0 spiro atoms. The average Bonchev–Trinajstić information content (AvgIpc) is 3.57. The summed E-state index contributed by atoms with van der Waals surface area (Å²) in [5.41, 5.74) is 3.47. The van der Waals surface area contributed by atoms with Gasteiger partial charge in [-0.15, -0.1) is 0 Å². The van der Waals surface area contributed by atoms with Gasteiger partial charge in [0.05, 0.1) is 19.0 Å². The molecule has 1 amide bonds. The van der Waals surface area contributed by atoms with E-state index in [4.69, 9.17) is 9.84 Å². The van der Waals surface area contributed by atoms with Gasteiger partial charge in [0.15, 0.2) is 0 Å². The van der Waals surface area contributed by atoms with E-state index in [0.717, 1.165) is 57.2 Å². The number of anilines is 1. The molecule has 2 aliphatic carbocycles. The molecular weight excluding hydrogens is 406 g/mol.